The lowest BCUT2D eigenvalue weighted by molar-refractivity contribution is 0.0997. The first-order valence-electron chi connectivity index (χ1n) is 9.46. The quantitative estimate of drug-likeness (QED) is 0.772. The number of carbonyl (C=O) groups excluding carboxylic acids is 3. The standard InChI is InChI=1S/C19H25N5O4S/c1-5-28-19(27)23-7-6-12-14(9-23)29-18(15(12)16(20)25)21-17(26)13-8-11(4)22-24(13)10(2)3/h8,10H,5-7,9H2,1-4H3,(H2,20,25)(H,21,26). The second kappa shape index (κ2) is 8.24. The van der Waals surface area contributed by atoms with Crippen LogP contribution in [0.15, 0.2) is 6.07 Å². The molecular formula is C19H25N5O4S. The van der Waals surface area contributed by atoms with Crippen LogP contribution in [0.2, 0.25) is 0 Å². The molecule has 2 aromatic heterocycles. The minimum Gasteiger partial charge on any atom is -0.450 e. The minimum atomic E-state index is -0.601. The van der Waals surface area contributed by atoms with E-state index >= 15 is 0 Å². The first kappa shape index (κ1) is 20.8. The number of carbonyl (C=O) groups is 3. The fraction of sp³-hybridized carbons (Fsp3) is 0.474. The fourth-order valence-electron chi connectivity index (χ4n) is 3.37. The molecule has 0 radical (unpaired) electrons. The van der Waals surface area contributed by atoms with Gasteiger partial charge in [0.05, 0.1) is 24.4 Å². The van der Waals surface area contributed by atoms with Crippen LogP contribution in [0, 0.1) is 6.92 Å². The Morgan fingerprint density at radius 2 is 2.10 bits per heavy atom. The molecule has 0 aliphatic carbocycles. The van der Waals surface area contributed by atoms with E-state index < -0.39 is 12.0 Å². The van der Waals surface area contributed by atoms with Crippen LogP contribution in [0.1, 0.15) is 63.8 Å². The second-order valence-corrected chi connectivity index (χ2v) is 8.21. The number of thiophene rings is 1. The first-order chi connectivity index (χ1) is 13.7. The number of fused-ring (bicyclic) bond motifs is 1. The van der Waals surface area contributed by atoms with E-state index in [2.05, 4.69) is 10.4 Å². The summed E-state index contributed by atoms with van der Waals surface area (Å²) in [6, 6.07) is 1.71. The summed E-state index contributed by atoms with van der Waals surface area (Å²) < 4.78 is 6.71. The van der Waals surface area contributed by atoms with Gasteiger partial charge in [0.15, 0.2) is 0 Å². The van der Waals surface area contributed by atoms with Crippen molar-refractivity contribution >= 4 is 34.2 Å². The highest BCUT2D eigenvalue weighted by Gasteiger charge is 2.30. The average molecular weight is 420 g/mol. The van der Waals surface area contributed by atoms with Gasteiger partial charge in [0.25, 0.3) is 11.8 Å². The van der Waals surface area contributed by atoms with Gasteiger partial charge in [0, 0.05) is 17.5 Å². The van der Waals surface area contributed by atoms with Crippen molar-refractivity contribution in [1.29, 1.82) is 0 Å². The number of ether oxygens (including phenoxy) is 1. The average Bonchev–Trinajstić information content (AvgIpc) is 3.21. The molecule has 2 aromatic rings. The summed E-state index contributed by atoms with van der Waals surface area (Å²) in [6.45, 7) is 8.48. The molecule has 3 heterocycles. The van der Waals surface area contributed by atoms with Crippen molar-refractivity contribution in [2.24, 2.45) is 5.73 Å². The molecule has 3 rings (SSSR count). The zero-order valence-corrected chi connectivity index (χ0v) is 17.8. The summed E-state index contributed by atoms with van der Waals surface area (Å²) in [7, 11) is 0. The highest BCUT2D eigenvalue weighted by atomic mass is 32.1. The van der Waals surface area contributed by atoms with E-state index in [9.17, 15) is 14.4 Å². The number of hydrogen-bond donors (Lipinski definition) is 2. The highest BCUT2D eigenvalue weighted by Crippen LogP contribution is 2.37. The number of rotatable bonds is 5. The highest BCUT2D eigenvalue weighted by molar-refractivity contribution is 7.17. The van der Waals surface area contributed by atoms with Gasteiger partial charge >= 0.3 is 6.09 Å². The maximum atomic E-state index is 12.9. The van der Waals surface area contributed by atoms with E-state index in [1.807, 2.05) is 20.8 Å². The Morgan fingerprint density at radius 1 is 1.38 bits per heavy atom. The van der Waals surface area contributed by atoms with Crippen LogP contribution >= 0.6 is 11.3 Å². The van der Waals surface area contributed by atoms with E-state index in [1.54, 1.807) is 22.6 Å². The minimum absolute atomic E-state index is 0.00902. The summed E-state index contributed by atoms with van der Waals surface area (Å²) in [5, 5.41) is 7.57. The molecule has 1 aliphatic heterocycles. The Balaban J connectivity index is 1.90. The van der Waals surface area contributed by atoms with Crippen LogP contribution in [0.25, 0.3) is 0 Å². The van der Waals surface area contributed by atoms with E-state index in [4.69, 9.17) is 10.5 Å². The van der Waals surface area contributed by atoms with Crippen LogP contribution in [0.5, 0.6) is 0 Å². The summed E-state index contributed by atoms with van der Waals surface area (Å²) >= 11 is 1.26. The predicted octanol–water partition coefficient (Wildman–Crippen LogP) is 2.70. The Kier molecular flexibility index (Phi) is 5.92. The van der Waals surface area contributed by atoms with E-state index in [-0.39, 0.29) is 11.9 Å². The van der Waals surface area contributed by atoms with Gasteiger partial charge in [-0.2, -0.15) is 5.10 Å². The van der Waals surface area contributed by atoms with Gasteiger partial charge in [-0.05, 0) is 45.7 Å². The lowest BCUT2D eigenvalue weighted by atomic mass is 10.0. The summed E-state index contributed by atoms with van der Waals surface area (Å²) in [5.74, 6) is -0.960. The Labute approximate surface area is 172 Å². The third-order valence-corrected chi connectivity index (χ3v) is 5.77. The number of hydrogen-bond acceptors (Lipinski definition) is 6. The molecule has 9 nitrogen and oxygen atoms in total. The van der Waals surface area contributed by atoms with E-state index in [0.29, 0.717) is 42.4 Å². The molecule has 0 saturated heterocycles. The smallest absolute Gasteiger partial charge is 0.410 e. The van der Waals surface area contributed by atoms with Gasteiger partial charge in [-0.25, -0.2) is 4.79 Å². The molecule has 0 spiro atoms. The predicted molar refractivity (Wildman–Crippen MR) is 109 cm³/mol. The van der Waals surface area contributed by atoms with Gasteiger partial charge in [-0.3, -0.25) is 14.3 Å². The molecule has 0 fully saturated rings. The number of primary amides is 1. The van der Waals surface area contributed by atoms with E-state index in [0.717, 1.165) is 16.1 Å². The molecule has 29 heavy (non-hydrogen) atoms. The molecule has 3 N–H and O–H groups in total. The third kappa shape index (κ3) is 4.12. The summed E-state index contributed by atoms with van der Waals surface area (Å²) in [5.41, 5.74) is 7.85. The number of nitrogens with two attached hydrogens (primary N) is 1. The maximum Gasteiger partial charge on any atom is 0.410 e. The second-order valence-electron chi connectivity index (χ2n) is 7.11. The zero-order chi connectivity index (χ0) is 21.3. The lowest BCUT2D eigenvalue weighted by Gasteiger charge is -2.26. The molecular weight excluding hydrogens is 394 g/mol. The normalized spacial score (nSPS) is 13.3. The van der Waals surface area contributed by atoms with Crippen molar-refractivity contribution in [2.75, 3.05) is 18.5 Å². The molecule has 0 aromatic carbocycles. The Morgan fingerprint density at radius 3 is 2.72 bits per heavy atom. The summed E-state index contributed by atoms with van der Waals surface area (Å²) in [4.78, 5) is 39.5. The third-order valence-electron chi connectivity index (χ3n) is 4.64. The monoisotopic (exact) mass is 419 g/mol. The van der Waals surface area contributed by atoms with Crippen LogP contribution < -0.4 is 11.1 Å². The fourth-order valence-corrected chi connectivity index (χ4v) is 4.63. The van der Waals surface area contributed by atoms with Crippen LogP contribution in [0.3, 0.4) is 0 Å². The maximum absolute atomic E-state index is 12.9. The van der Waals surface area contributed by atoms with Crippen LogP contribution in [0.4, 0.5) is 9.80 Å². The number of aryl methyl sites for hydroxylation is 1. The topological polar surface area (TPSA) is 120 Å². The molecule has 0 saturated carbocycles. The zero-order valence-electron chi connectivity index (χ0n) is 16.9. The molecule has 0 unspecified atom stereocenters. The molecule has 0 atom stereocenters. The van der Waals surface area contributed by atoms with Crippen molar-refractivity contribution in [3.05, 3.63) is 33.5 Å². The number of anilines is 1. The molecule has 1 aliphatic rings. The van der Waals surface area contributed by atoms with Gasteiger partial charge in [-0.15, -0.1) is 11.3 Å². The van der Waals surface area contributed by atoms with Crippen LogP contribution in [-0.4, -0.2) is 45.7 Å². The molecule has 156 valence electrons. The summed E-state index contributed by atoms with van der Waals surface area (Å²) in [6.07, 6.45) is 0.0797. The number of amides is 3. The van der Waals surface area contributed by atoms with Crippen molar-refractivity contribution in [3.8, 4) is 0 Å². The molecule has 10 heteroatoms. The van der Waals surface area contributed by atoms with Gasteiger partial charge in [-0.1, -0.05) is 0 Å². The number of aromatic nitrogens is 2. The number of nitrogens with one attached hydrogen (secondary N) is 1. The lowest BCUT2D eigenvalue weighted by Crippen LogP contribution is -2.36. The molecule has 3 amide bonds. The van der Waals surface area contributed by atoms with Gasteiger partial charge in [0.2, 0.25) is 0 Å². The van der Waals surface area contributed by atoms with Crippen molar-refractivity contribution < 1.29 is 19.1 Å². The largest absolute Gasteiger partial charge is 0.450 e. The van der Waals surface area contributed by atoms with Gasteiger partial charge < -0.3 is 20.7 Å². The van der Waals surface area contributed by atoms with Gasteiger partial charge in [0.1, 0.15) is 10.7 Å². The van der Waals surface area contributed by atoms with Crippen LogP contribution in [-0.2, 0) is 17.7 Å². The SMILES string of the molecule is CCOC(=O)N1CCc2c(sc(NC(=O)c3cc(C)nn3C(C)C)c2C(N)=O)C1. The number of nitrogens with zero attached hydrogens (tertiary/aromatic N) is 3. The van der Waals surface area contributed by atoms with Crippen molar-refractivity contribution in [3.63, 3.8) is 0 Å². The Hall–Kier alpha value is -2.88. The first-order valence-corrected chi connectivity index (χ1v) is 10.3. The van der Waals surface area contributed by atoms with E-state index in [1.165, 1.54) is 11.3 Å². The van der Waals surface area contributed by atoms with Crippen molar-refractivity contribution in [1.82, 2.24) is 14.7 Å². The molecule has 0 bridgehead atoms. The van der Waals surface area contributed by atoms with Crippen molar-refractivity contribution in [2.45, 2.75) is 46.7 Å². The Bertz CT molecular complexity index is 962.